The lowest BCUT2D eigenvalue weighted by Crippen LogP contribution is -2.04. The maximum Gasteiger partial charge on any atom is 0.135 e. The Morgan fingerprint density at radius 3 is 1.20 bits per heavy atom. The number of benzene rings is 3. The fraction of sp³-hybridized carbons (Fsp3) is 0.632. The van der Waals surface area contributed by atoms with Crippen LogP contribution in [-0.4, -0.2) is 13.2 Å². The number of rotatable bonds is 22. The van der Waals surface area contributed by atoms with E-state index in [0.29, 0.717) is 0 Å². The second-order valence-corrected chi connectivity index (χ2v) is 11.8. The van der Waals surface area contributed by atoms with Gasteiger partial charge in [0.15, 0.2) is 0 Å². The van der Waals surface area contributed by atoms with E-state index in [-0.39, 0.29) is 0 Å². The molecule has 0 aliphatic carbocycles. The van der Waals surface area contributed by atoms with Crippen LogP contribution in [0.3, 0.4) is 0 Å². The van der Waals surface area contributed by atoms with Crippen molar-refractivity contribution < 1.29 is 9.47 Å². The van der Waals surface area contributed by atoms with Gasteiger partial charge >= 0.3 is 0 Å². The molecule has 0 bridgehead atoms. The van der Waals surface area contributed by atoms with E-state index >= 15 is 0 Å². The van der Waals surface area contributed by atoms with Crippen molar-refractivity contribution in [2.24, 2.45) is 0 Å². The Morgan fingerprint density at radius 2 is 0.800 bits per heavy atom. The van der Waals surface area contributed by atoms with Gasteiger partial charge in [0.05, 0.1) is 13.2 Å². The predicted molar refractivity (Wildman–Crippen MR) is 176 cm³/mol. The van der Waals surface area contributed by atoms with Gasteiger partial charge in [0.2, 0.25) is 0 Å². The first-order valence-electron chi connectivity index (χ1n) is 17.0. The van der Waals surface area contributed by atoms with Crippen LogP contribution in [0.4, 0.5) is 0 Å². The van der Waals surface area contributed by atoms with Gasteiger partial charge < -0.3 is 9.47 Å². The van der Waals surface area contributed by atoms with Crippen LogP contribution in [0, 0.1) is 0 Å². The van der Waals surface area contributed by atoms with Crippen LogP contribution >= 0.6 is 0 Å². The summed E-state index contributed by atoms with van der Waals surface area (Å²) >= 11 is 0. The molecule has 0 saturated heterocycles. The zero-order valence-electron chi connectivity index (χ0n) is 26.4. The molecule has 0 unspecified atom stereocenters. The highest BCUT2D eigenvalue weighted by Crippen LogP contribution is 2.44. The average molecular weight is 547 g/mol. The van der Waals surface area contributed by atoms with Crippen LogP contribution in [-0.2, 0) is 12.8 Å². The van der Waals surface area contributed by atoms with E-state index in [0.717, 1.165) is 50.4 Å². The molecule has 0 spiro atoms. The first kappa shape index (κ1) is 32.3. The summed E-state index contributed by atoms with van der Waals surface area (Å²) in [5.41, 5.74) is 3.04. The van der Waals surface area contributed by atoms with Crippen molar-refractivity contribution in [3.63, 3.8) is 0 Å². The highest BCUT2D eigenvalue weighted by Gasteiger charge is 2.19. The van der Waals surface area contributed by atoms with Crippen molar-refractivity contribution in [1.29, 1.82) is 0 Å². The summed E-state index contributed by atoms with van der Waals surface area (Å²) in [4.78, 5) is 0. The van der Waals surface area contributed by atoms with Gasteiger partial charge in [0.1, 0.15) is 11.5 Å². The van der Waals surface area contributed by atoms with Crippen LogP contribution in [0.15, 0.2) is 36.4 Å². The maximum atomic E-state index is 6.70. The minimum atomic E-state index is 0.782. The van der Waals surface area contributed by atoms with Crippen molar-refractivity contribution in [3.8, 4) is 11.5 Å². The third-order valence-electron chi connectivity index (χ3n) is 8.33. The lowest BCUT2D eigenvalue weighted by Gasteiger charge is -2.20. The standard InChI is InChI=1S/C38H58O2/c1-5-9-13-15-21-27-39-37-33-25-19-20-26-34(33)38(40-28-22-16-14-10-6-2)36-30-32(24-18-12-8-4)31(29-35(36)37)23-17-11-7-3/h19-20,25-26,29-30H,5-18,21-24,27-28H2,1-4H3. The van der Waals surface area contributed by atoms with E-state index in [1.807, 2.05) is 0 Å². The maximum absolute atomic E-state index is 6.70. The van der Waals surface area contributed by atoms with E-state index in [1.165, 1.54) is 123 Å². The first-order chi connectivity index (χ1) is 19.7. The van der Waals surface area contributed by atoms with Crippen molar-refractivity contribution in [1.82, 2.24) is 0 Å². The lowest BCUT2D eigenvalue weighted by molar-refractivity contribution is 0.306. The van der Waals surface area contributed by atoms with Crippen LogP contribution < -0.4 is 9.47 Å². The van der Waals surface area contributed by atoms with E-state index in [2.05, 4.69) is 64.1 Å². The van der Waals surface area contributed by atoms with E-state index in [1.54, 1.807) is 0 Å². The summed E-state index contributed by atoms with van der Waals surface area (Å²) in [7, 11) is 0. The molecule has 3 aromatic carbocycles. The molecule has 2 heteroatoms. The van der Waals surface area contributed by atoms with Gasteiger partial charge in [-0.2, -0.15) is 0 Å². The molecule has 0 N–H and O–H groups in total. The molecule has 40 heavy (non-hydrogen) atoms. The van der Waals surface area contributed by atoms with Gasteiger partial charge in [0.25, 0.3) is 0 Å². The normalized spacial score (nSPS) is 11.5. The Bertz CT molecular complexity index is 1030. The predicted octanol–water partition coefficient (Wildman–Crippen LogP) is 12.2. The number of hydrogen-bond donors (Lipinski definition) is 0. The molecule has 0 atom stereocenters. The van der Waals surface area contributed by atoms with Crippen LogP contribution in [0.5, 0.6) is 11.5 Å². The Morgan fingerprint density at radius 1 is 0.425 bits per heavy atom. The number of fused-ring (bicyclic) bond motifs is 2. The Labute approximate surface area is 246 Å². The molecule has 222 valence electrons. The molecule has 0 aromatic heterocycles. The largest absolute Gasteiger partial charge is 0.492 e. The molecule has 0 fully saturated rings. The fourth-order valence-electron chi connectivity index (χ4n) is 5.90. The van der Waals surface area contributed by atoms with Crippen molar-refractivity contribution in [2.75, 3.05) is 13.2 Å². The summed E-state index contributed by atoms with van der Waals surface area (Å²) in [6.45, 7) is 10.7. The quantitative estimate of drug-likeness (QED) is 0.0921. The molecule has 0 radical (unpaired) electrons. The molecule has 0 saturated carbocycles. The van der Waals surface area contributed by atoms with Crippen molar-refractivity contribution in [2.45, 2.75) is 143 Å². The topological polar surface area (TPSA) is 18.5 Å². The lowest BCUT2D eigenvalue weighted by atomic mass is 9.91. The summed E-state index contributed by atoms with van der Waals surface area (Å²) in [6, 6.07) is 13.7. The van der Waals surface area contributed by atoms with E-state index < -0.39 is 0 Å². The van der Waals surface area contributed by atoms with Crippen molar-refractivity contribution >= 4 is 21.5 Å². The van der Waals surface area contributed by atoms with Gasteiger partial charge in [-0.05, 0) is 61.8 Å². The average Bonchev–Trinajstić information content (AvgIpc) is 2.97. The SMILES string of the molecule is CCCCCCCOc1c2ccccc2c(OCCCCCCC)c2cc(CCCCC)c(CCCCC)cc12. The van der Waals surface area contributed by atoms with E-state index in [9.17, 15) is 0 Å². The summed E-state index contributed by atoms with van der Waals surface area (Å²) in [5.74, 6) is 2.13. The Balaban J connectivity index is 2.04. The smallest absolute Gasteiger partial charge is 0.135 e. The third kappa shape index (κ3) is 9.71. The molecule has 0 aliphatic heterocycles. The number of aryl methyl sites for hydroxylation is 2. The highest BCUT2D eigenvalue weighted by atomic mass is 16.5. The second kappa shape index (κ2) is 19.0. The minimum absolute atomic E-state index is 0.782. The number of ether oxygens (including phenoxy) is 2. The minimum Gasteiger partial charge on any atom is -0.492 e. The Kier molecular flexibility index (Phi) is 15.3. The van der Waals surface area contributed by atoms with Crippen LogP contribution in [0.2, 0.25) is 0 Å². The fourth-order valence-corrected chi connectivity index (χ4v) is 5.90. The summed E-state index contributed by atoms with van der Waals surface area (Å²) in [5, 5.41) is 4.89. The highest BCUT2D eigenvalue weighted by molar-refractivity contribution is 6.11. The zero-order valence-corrected chi connectivity index (χ0v) is 26.4. The molecular formula is C38H58O2. The monoisotopic (exact) mass is 546 g/mol. The van der Waals surface area contributed by atoms with Crippen LogP contribution in [0.1, 0.15) is 142 Å². The van der Waals surface area contributed by atoms with Gasteiger partial charge in [-0.3, -0.25) is 0 Å². The van der Waals surface area contributed by atoms with Crippen LogP contribution in [0.25, 0.3) is 21.5 Å². The van der Waals surface area contributed by atoms with Gasteiger partial charge in [0, 0.05) is 21.5 Å². The van der Waals surface area contributed by atoms with Gasteiger partial charge in [-0.15, -0.1) is 0 Å². The second-order valence-electron chi connectivity index (χ2n) is 11.8. The molecule has 2 nitrogen and oxygen atoms in total. The third-order valence-corrected chi connectivity index (χ3v) is 8.33. The zero-order chi connectivity index (χ0) is 28.4. The summed E-state index contributed by atoms with van der Waals surface area (Å²) in [6.07, 6.45) is 22.4. The number of unbranched alkanes of at least 4 members (excludes halogenated alkanes) is 12. The van der Waals surface area contributed by atoms with Crippen molar-refractivity contribution in [3.05, 3.63) is 47.5 Å². The molecule has 3 rings (SSSR count). The summed E-state index contributed by atoms with van der Waals surface area (Å²) < 4.78 is 13.4. The molecule has 0 heterocycles. The first-order valence-corrected chi connectivity index (χ1v) is 17.0. The molecule has 0 aliphatic rings. The van der Waals surface area contributed by atoms with E-state index in [4.69, 9.17) is 9.47 Å². The molecular weight excluding hydrogens is 488 g/mol. The number of hydrogen-bond acceptors (Lipinski definition) is 2. The molecule has 0 amide bonds. The molecule has 3 aromatic rings. The van der Waals surface area contributed by atoms with Gasteiger partial charge in [-0.25, -0.2) is 0 Å². The van der Waals surface area contributed by atoms with Gasteiger partial charge in [-0.1, -0.05) is 129 Å². The Hall–Kier alpha value is -2.22.